The van der Waals surface area contributed by atoms with Gasteiger partial charge in [0.05, 0.1) is 4.47 Å². The number of aliphatic hydroxyl groups is 1. The van der Waals surface area contributed by atoms with E-state index in [9.17, 15) is 5.11 Å². The molecular formula is C13H20BrNO2. The van der Waals surface area contributed by atoms with Gasteiger partial charge in [-0.3, -0.25) is 0 Å². The Morgan fingerprint density at radius 1 is 1.41 bits per heavy atom. The maximum Gasteiger partial charge on any atom is 0.129 e. The molecule has 0 spiro atoms. The first-order valence-electron chi connectivity index (χ1n) is 5.92. The van der Waals surface area contributed by atoms with Gasteiger partial charge in [0.25, 0.3) is 0 Å². The van der Waals surface area contributed by atoms with E-state index in [1.165, 1.54) is 0 Å². The second-order valence-corrected chi connectivity index (χ2v) is 5.25. The van der Waals surface area contributed by atoms with E-state index in [0.29, 0.717) is 5.92 Å². The van der Waals surface area contributed by atoms with Gasteiger partial charge in [-0.1, -0.05) is 13.0 Å². The predicted molar refractivity (Wildman–Crippen MR) is 73.0 cm³/mol. The van der Waals surface area contributed by atoms with Gasteiger partial charge in [0.1, 0.15) is 5.75 Å². The van der Waals surface area contributed by atoms with Gasteiger partial charge in [-0.15, -0.1) is 0 Å². The molecule has 1 aromatic rings. The van der Waals surface area contributed by atoms with Gasteiger partial charge in [-0.05, 0) is 58.9 Å². The number of halogens is 1. The third kappa shape index (κ3) is 5.52. The van der Waals surface area contributed by atoms with Crippen molar-refractivity contribution in [2.24, 2.45) is 5.92 Å². The molecule has 96 valence electrons. The smallest absolute Gasteiger partial charge is 0.129 e. The lowest BCUT2D eigenvalue weighted by atomic mass is 10.1. The minimum absolute atomic E-state index is 0.269. The quantitative estimate of drug-likeness (QED) is 0.679. The normalized spacial score (nSPS) is 12.6. The molecule has 0 radical (unpaired) electrons. The SMILES string of the molecule is CC(CO)CCCNCc1ccc(O)c(Br)c1. The van der Waals surface area contributed by atoms with Crippen LogP contribution in [-0.4, -0.2) is 23.4 Å². The Labute approximate surface area is 111 Å². The fraction of sp³-hybridized carbons (Fsp3) is 0.538. The van der Waals surface area contributed by atoms with Crippen LogP contribution in [0.15, 0.2) is 22.7 Å². The lowest BCUT2D eigenvalue weighted by Gasteiger charge is -2.09. The Morgan fingerprint density at radius 2 is 2.18 bits per heavy atom. The van der Waals surface area contributed by atoms with E-state index < -0.39 is 0 Å². The summed E-state index contributed by atoms with van der Waals surface area (Å²) < 4.78 is 0.728. The molecule has 1 unspecified atom stereocenters. The van der Waals surface area contributed by atoms with E-state index in [4.69, 9.17) is 5.11 Å². The van der Waals surface area contributed by atoms with Crippen molar-refractivity contribution in [3.8, 4) is 5.75 Å². The fourth-order valence-corrected chi connectivity index (χ4v) is 1.99. The lowest BCUT2D eigenvalue weighted by molar-refractivity contribution is 0.228. The van der Waals surface area contributed by atoms with Crippen LogP contribution in [0.3, 0.4) is 0 Å². The lowest BCUT2D eigenvalue weighted by Crippen LogP contribution is -2.16. The maximum atomic E-state index is 9.35. The Bertz CT molecular complexity index is 344. The molecule has 0 saturated carbocycles. The van der Waals surface area contributed by atoms with Crippen LogP contribution in [0.5, 0.6) is 5.75 Å². The van der Waals surface area contributed by atoms with E-state index in [1.54, 1.807) is 6.07 Å². The number of rotatable bonds is 7. The molecular weight excluding hydrogens is 282 g/mol. The minimum Gasteiger partial charge on any atom is -0.507 e. The van der Waals surface area contributed by atoms with Gasteiger partial charge in [-0.2, -0.15) is 0 Å². The van der Waals surface area contributed by atoms with Gasteiger partial charge in [0.15, 0.2) is 0 Å². The number of phenols is 1. The summed E-state index contributed by atoms with van der Waals surface area (Å²) in [5, 5.41) is 21.6. The zero-order valence-electron chi connectivity index (χ0n) is 10.1. The zero-order chi connectivity index (χ0) is 12.7. The molecule has 0 saturated heterocycles. The highest BCUT2D eigenvalue weighted by Crippen LogP contribution is 2.24. The summed E-state index contributed by atoms with van der Waals surface area (Å²) in [5.41, 5.74) is 1.14. The Kier molecular flexibility index (Phi) is 6.55. The van der Waals surface area contributed by atoms with Crippen molar-refractivity contribution in [1.29, 1.82) is 0 Å². The van der Waals surface area contributed by atoms with Gasteiger partial charge >= 0.3 is 0 Å². The first-order valence-corrected chi connectivity index (χ1v) is 6.71. The summed E-state index contributed by atoms with van der Waals surface area (Å²) in [5.74, 6) is 0.658. The van der Waals surface area contributed by atoms with Gasteiger partial charge in [0, 0.05) is 13.2 Å². The molecule has 0 aliphatic carbocycles. The highest BCUT2D eigenvalue weighted by atomic mass is 79.9. The molecule has 0 aliphatic heterocycles. The number of aliphatic hydroxyl groups excluding tert-OH is 1. The number of hydrogen-bond donors (Lipinski definition) is 3. The number of hydrogen-bond acceptors (Lipinski definition) is 3. The van der Waals surface area contributed by atoms with E-state index in [1.807, 2.05) is 12.1 Å². The highest BCUT2D eigenvalue weighted by molar-refractivity contribution is 9.10. The van der Waals surface area contributed by atoms with Crippen LogP contribution in [0.25, 0.3) is 0 Å². The van der Waals surface area contributed by atoms with Crippen molar-refractivity contribution in [3.05, 3.63) is 28.2 Å². The first-order chi connectivity index (χ1) is 8.13. The van der Waals surface area contributed by atoms with Gasteiger partial charge in [0.2, 0.25) is 0 Å². The van der Waals surface area contributed by atoms with Crippen molar-refractivity contribution in [3.63, 3.8) is 0 Å². The number of aromatic hydroxyl groups is 1. The summed E-state index contributed by atoms with van der Waals surface area (Å²) in [6.45, 7) is 4.07. The minimum atomic E-state index is 0.269. The van der Waals surface area contributed by atoms with E-state index in [0.717, 1.165) is 36.0 Å². The van der Waals surface area contributed by atoms with Crippen LogP contribution in [0, 0.1) is 5.92 Å². The molecule has 0 bridgehead atoms. The molecule has 3 N–H and O–H groups in total. The van der Waals surface area contributed by atoms with Crippen LogP contribution in [0.1, 0.15) is 25.3 Å². The molecule has 0 aromatic heterocycles. The number of phenolic OH excluding ortho intramolecular Hbond substituents is 1. The second kappa shape index (κ2) is 7.69. The van der Waals surface area contributed by atoms with Crippen LogP contribution < -0.4 is 5.32 Å². The third-order valence-corrected chi connectivity index (χ3v) is 3.34. The van der Waals surface area contributed by atoms with Crippen molar-refractivity contribution < 1.29 is 10.2 Å². The largest absolute Gasteiger partial charge is 0.507 e. The predicted octanol–water partition coefficient (Wildman–Crippen LogP) is 2.65. The second-order valence-electron chi connectivity index (χ2n) is 4.39. The molecule has 4 heteroatoms. The summed E-state index contributed by atoms with van der Waals surface area (Å²) in [6, 6.07) is 5.51. The van der Waals surface area contributed by atoms with Crippen LogP contribution in [0.4, 0.5) is 0 Å². The van der Waals surface area contributed by atoms with Crippen molar-refractivity contribution in [2.45, 2.75) is 26.3 Å². The van der Waals surface area contributed by atoms with E-state index in [2.05, 4.69) is 28.2 Å². The molecule has 0 amide bonds. The maximum absolute atomic E-state index is 9.35. The molecule has 17 heavy (non-hydrogen) atoms. The van der Waals surface area contributed by atoms with Gasteiger partial charge in [-0.25, -0.2) is 0 Å². The Morgan fingerprint density at radius 3 is 2.82 bits per heavy atom. The monoisotopic (exact) mass is 301 g/mol. The van der Waals surface area contributed by atoms with Crippen LogP contribution in [-0.2, 0) is 6.54 Å². The topological polar surface area (TPSA) is 52.5 Å². The average molecular weight is 302 g/mol. The molecule has 0 fully saturated rings. The van der Waals surface area contributed by atoms with Crippen LogP contribution in [0.2, 0.25) is 0 Å². The summed E-state index contributed by atoms with van der Waals surface area (Å²) in [6.07, 6.45) is 2.11. The highest BCUT2D eigenvalue weighted by Gasteiger charge is 2.01. The van der Waals surface area contributed by atoms with Crippen molar-refractivity contribution in [1.82, 2.24) is 5.32 Å². The zero-order valence-corrected chi connectivity index (χ0v) is 11.7. The molecule has 1 aromatic carbocycles. The van der Waals surface area contributed by atoms with E-state index >= 15 is 0 Å². The molecule has 0 aliphatic rings. The first kappa shape index (κ1) is 14.5. The Balaban J connectivity index is 2.20. The van der Waals surface area contributed by atoms with Crippen molar-refractivity contribution in [2.75, 3.05) is 13.2 Å². The molecule has 0 heterocycles. The third-order valence-electron chi connectivity index (χ3n) is 2.70. The number of nitrogens with one attached hydrogen (secondary N) is 1. The fourth-order valence-electron chi connectivity index (χ4n) is 1.56. The molecule has 3 nitrogen and oxygen atoms in total. The van der Waals surface area contributed by atoms with Crippen LogP contribution >= 0.6 is 15.9 Å². The summed E-state index contributed by atoms with van der Waals surface area (Å²) in [7, 11) is 0. The van der Waals surface area contributed by atoms with Gasteiger partial charge < -0.3 is 15.5 Å². The summed E-state index contributed by atoms with van der Waals surface area (Å²) >= 11 is 3.29. The molecule has 1 atom stereocenters. The average Bonchev–Trinajstić information content (AvgIpc) is 2.33. The van der Waals surface area contributed by atoms with E-state index in [-0.39, 0.29) is 12.4 Å². The summed E-state index contributed by atoms with van der Waals surface area (Å²) in [4.78, 5) is 0. The standard InChI is InChI=1S/C13H20BrNO2/c1-10(9-16)3-2-6-15-8-11-4-5-13(17)12(14)7-11/h4-5,7,10,15-17H,2-3,6,8-9H2,1H3. The molecule has 1 rings (SSSR count). The Hall–Kier alpha value is -0.580. The van der Waals surface area contributed by atoms with Crippen molar-refractivity contribution >= 4 is 15.9 Å². The number of benzene rings is 1.